The highest BCUT2D eigenvalue weighted by Gasteiger charge is 2.20. The Morgan fingerprint density at radius 3 is 1.63 bits per heavy atom. The molecule has 4 nitrogen and oxygen atoms in total. The standard InChI is InChI=1S/C47H29N3O/c1-2-15-31(16-3-1)45-48-46(39-20-7-6-19-37(39)38-26-13-29-43-44(38)41-21-8-9-28-42(41)51-43)50-47(49-45)40-27-12-24-35-34(23-11-25-36(35)40)33-22-10-17-30-14-4-5-18-32(30)33/h1-29H. The summed E-state index contributed by atoms with van der Waals surface area (Å²) >= 11 is 0. The van der Waals surface area contributed by atoms with Gasteiger partial charge in [-0.3, -0.25) is 0 Å². The van der Waals surface area contributed by atoms with Crippen molar-refractivity contribution < 1.29 is 4.42 Å². The number of nitrogens with zero attached hydrogens (tertiary/aromatic N) is 3. The summed E-state index contributed by atoms with van der Waals surface area (Å²) in [5.41, 5.74) is 9.00. The molecule has 10 rings (SSSR count). The van der Waals surface area contributed by atoms with Crippen LogP contribution in [-0.2, 0) is 0 Å². The van der Waals surface area contributed by atoms with Gasteiger partial charge >= 0.3 is 0 Å². The normalized spacial score (nSPS) is 11.5. The van der Waals surface area contributed by atoms with Crippen LogP contribution in [0.15, 0.2) is 180 Å². The smallest absolute Gasteiger partial charge is 0.164 e. The highest BCUT2D eigenvalue weighted by Crippen LogP contribution is 2.41. The summed E-state index contributed by atoms with van der Waals surface area (Å²) < 4.78 is 6.28. The molecule has 0 N–H and O–H groups in total. The molecule has 0 radical (unpaired) electrons. The predicted octanol–water partition coefficient (Wildman–Crippen LogP) is 12.4. The molecule has 0 aliphatic rings. The molecule has 10 aromatic rings. The molecule has 2 heterocycles. The van der Waals surface area contributed by atoms with E-state index in [2.05, 4.69) is 133 Å². The highest BCUT2D eigenvalue weighted by atomic mass is 16.3. The minimum Gasteiger partial charge on any atom is -0.456 e. The topological polar surface area (TPSA) is 51.8 Å². The Bertz CT molecular complexity index is 2920. The van der Waals surface area contributed by atoms with E-state index < -0.39 is 0 Å². The third-order valence-corrected chi connectivity index (χ3v) is 9.77. The maximum atomic E-state index is 6.28. The average molecular weight is 652 g/mol. The van der Waals surface area contributed by atoms with Gasteiger partial charge in [-0.05, 0) is 55.9 Å². The van der Waals surface area contributed by atoms with E-state index in [4.69, 9.17) is 19.4 Å². The van der Waals surface area contributed by atoms with Crippen LogP contribution in [0.25, 0.3) is 99.9 Å². The van der Waals surface area contributed by atoms with Crippen LogP contribution in [0, 0.1) is 0 Å². The first-order chi connectivity index (χ1) is 25.3. The lowest BCUT2D eigenvalue weighted by Gasteiger charge is -2.15. The number of fused-ring (bicyclic) bond motifs is 5. The molecular weight excluding hydrogens is 623 g/mol. The first-order valence-corrected chi connectivity index (χ1v) is 17.1. The number of benzene rings is 8. The predicted molar refractivity (Wildman–Crippen MR) is 209 cm³/mol. The Morgan fingerprint density at radius 2 is 0.784 bits per heavy atom. The number of hydrogen-bond acceptors (Lipinski definition) is 4. The van der Waals surface area contributed by atoms with E-state index >= 15 is 0 Å². The lowest BCUT2D eigenvalue weighted by molar-refractivity contribution is 0.669. The lowest BCUT2D eigenvalue weighted by atomic mass is 9.92. The van der Waals surface area contributed by atoms with Crippen LogP contribution in [0.4, 0.5) is 0 Å². The first-order valence-electron chi connectivity index (χ1n) is 17.1. The molecule has 0 aliphatic heterocycles. The van der Waals surface area contributed by atoms with Crippen LogP contribution in [0.3, 0.4) is 0 Å². The van der Waals surface area contributed by atoms with Crippen molar-refractivity contribution >= 4 is 43.5 Å². The monoisotopic (exact) mass is 651 g/mol. The minimum atomic E-state index is 0.612. The van der Waals surface area contributed by atoms with Gasteiger partial charge < -0.3 is 4.42 Å². The van der Waals surface area contributed by atoms with Crippen LogP contribution >= 0.6 is 0 Å². The lowest BCUT2D eigenvalue weighted by Crippen LogP contribution is -2.01. The Morgan fingerprint density at radius 1 is 0.294 bits per heavy atom. The molecule has 51 heavy (non-hydrogen) atoms. The third kappa shape index (κ3) is 4.88. The van der Waals surface area contributed by atoms with E-state index in [1.807, 2.05) is 42.5 Å². The summed E-state index contributed by atoms with van der Waals surface area (Å²) in [5, 5.41) is 6.83. The SMILES string of the molecule is c1ccc(-c2nc(-c3ccccc3-c3cccc4oc5ccccc5c34)nc(-c3cccc4c(-c5cccc6ccccc56)cccc34)n2)cc1. The van der Waals surface area contributed by atoms with E-state index in [1.165, 1.54) is 21.9 Å². The summed E-state index contributed by atoms with van der Waals surface area (Å²) in [5.74, 6) is 1.86. The molecule has 4 heteroatoms. The van der Waals surface area contributed by atoms with Crippen molar-refractivity contribution in [3.63, 3.8) is 0 Å². The second-order valence-electron chi connectivity index (χ2n) is 12.7. The van der Waals surface area contributed by atoms with Crippen LogP contribution < -0.4 is 0 Å². The number of aromatic nitrogens is 3. The van der Waals surface area contributed by atoms with E-state index in [-0.39, 0.29) is 0 Å². The van der Waals surface area contributed by atoms with Gasteiger partial charge in [-0.2, -0.15) is 0 Å². The summed E-state index contributed by atoms with van der Waals surface area (Å²) in [6.07, 6.45) is 0. The molecule has 0 saturated heterocycles. The van der Waals surface area contributed by atoms with Crippen LogP contribution in [0.2, 0.25) is 0 Å². The van der Waals surface area contributed by atoms with Crippen molar-refractivity contribution in [3.8, 4) is 56.4 Å². The third-order valence-electron chi connectivity index (χ3n) is 9.77. The van der Waals surface area contributed by atoms with Gasteiger partial charge in [-0.25, -0.2) is 15.0 Å². The van der Waals surface area contributed by atoms with Gasteiger partial charge in [-0.1, -0.05) is 164 Å². The minimum absolute atomic E-state index is 0.612. The van der Waals surface area contributed by atoms with Crippen LogP contribution in [-0.4, -0.2) is 15.0 Å². The van der Waals surface area contributed by atoms with Crippen molar-refractivity contribution in [2.24, 2.45) is 0 Å². The Balaban J connectivity index is 1.21. The van der Waals surface area contributed by atoms with E-state index in [9.17, 15) is 0 Å². The van der Waals surface area contributed by atoms with Gasteiger partial charge in [0, 0.05) is 27.5 Å². The number of hydrogen-bond donors (Lipinski definition) is 0. The molecule has 0 bridgehead atoms. The van der Waals surface area contributed by atoms with Crippen molar-refractivity contribution in [3.05, 3.63) is 176 Å². The molecule has 0 amide bonds. The fourth-order valence-electron chi connectivity index (χ4n) is 7.45. The average Bonchev–Trinajstić information content (AvgIpc) is 3.59. The molecule has 0 atom stereocenters. The number of para-hydroxylation sites is 1. The summed E-state index contributed by atoms with van der Waals surface area (Å²) in [7, 11) is 0. The molecule has 0 saturated carbocycles. The van der Waals surface area contributed by atoms with Gasteiger partial charge in [0.25, 0.3) is 0 Å². The van der Waals surface area contributed by atoms with Crippen molar-refractivity contribution in [2.45, 2.75) is 0 Å². The number of furan rings is 1. The van der Waals surface area contributed by atoms with Crippen molar-refractivity contribution in [2.75, 3.05) is 0 Å². The van der Waals surface area contributed by atoms with E-state index in [0.29, 0.717) is 17.5 Å². The Hall–Kier alpha value is -6.91. The second kappa shape index (κ2) is 11.9. The number of rotatable bonds is 5. The Labute approximate surface area is 294 Å². The first kappa shape index (κ1) is 29.0. The van der Waals surface area contributed by atoms with Crippen molar-refractivity contribution in [1.29, 1.82) is 0 Å². The molecule has 0 aliphatic carbocycles. The van der Waals surface area contributed by atoms with Crippen LogP contribution in [0.1, 0.15) is 0 Å². The fourth-order valence-corrected chi connectivity index (χ4v) is 7.45. The van der Waals surface area contributed by atoms with E-state index in [1.54, 1.807) is 0 Å². The van der Waals surface area contributed by atoms with Gasteiger partial charge in [0.2, 0.25) is 0 Å². The zero-order valence-electron chi connectivity index (χ0n) is 27.5. The highest BCUT2D eigenvalue weighted by molar-refractivity contribution is 6.13. The molecule has 0 unspecified atom stereocenters. The van der Waals surface area contributed by atoms with Gasteiger partial charge in [-0.15, -0.1) is 0 Å². The van der Waals surface area contributed by atoms with Gasteiger partial charge in [0.05, 0.1) is 0 Å². The van der Waals surface area contributed by atoms with Gasteiger partial charge in [0.1, 0.15) is 11.2 Å². The van der Waals surface area contributed by atoms with E-state index in [0.717, 1.165) is 60.5 Å². The zero-order chi connectivity index (χ0) is 33.7. The zero-order valence-corrected chi connectivity index (χ0v) is 27.5. The fraction of sp³-hybridized carbons (Fsp3) is 0. The maximum absolute atomic E-state index is 6.28. The molecular formula is C47H29N3O. The molecule has 0 fully saturated rings. The quantitative estimate of drug-likeness (QED) is 0.186. The Kier molecular flexibility index (Phi) is 6.78. The molecule has 0 spiro atoms. The molecule has 2 aromatic heterocycles. The van der Waals surface area contributed by atoms with Gasteiger partial charge in [0.15, 0.2) is 17.5 Å². The summed E-state index contributed by atoms with van der Waals surface area (Å²) in [6, 6.07) is 61.0. The summed E-state index contributed by atoms with van der Waals surface area (Å²) in [4.78, 5) is 15.6. The second-order valence-corrected chi connectivity index (χ2v) is 12.7. The summed E-state index contributed by atoms with van der Waals surface area (Å²) in [6.45, 7) is 0. The van der Waals surface area contributed by atoms with Crippen molar-refractivity contribution in [1.82, 2.24) is 15.0 Å². The molecule has 8 aromatic carbocycles. The molecule has 238 valence electrons. The van der Waals surface area contributed by atoms with Crippen LogP contribution in [0.5, 0.6) is 0 Å². The maximum Gasteiger partial charge on any atom is 0.164 e. The largest absolute Gasteiger partial charge is 0.456 e.